The summed E-state index contributed by atoms with van der Waals surface area (Å²) < 4.78 is 0. The van der Waals surface area contributed by atoms with Crippen molar-refractivity contribution >= 4 is 11.3 Å². The Labute approximate surface area is 76.3 Å². The number of aromatic nitrogens is 1. The molecule has 1 aromatic heterocycles. The second-order valence-electron chi connectivity index (χ2n) is 3.44. The Morgan fingerprint density at radius 2 is 2.42 bits per heavy atom. The molecule has 1 aliphatic carbocycles. The number of rotatable bonds is 2. The van der Waals surface area contributed by atoms with Gasteiger partial charge in [0.2, 0.25) is 0 Å². The van der Waals surface area contributed by atoms with Crippen LogP contribution in [0.1, 0.15) is 35.9 Å². The number of aryl methyl sites for hydroxylation is 1. The van der Waals surface area contributed by atoms with Gasteiger partial charge in [-0.25, -0.2) is 4.98 Å². The molecule has 0 spiro atoms. The maximum Gasteiger partial charge on any atom is 0.0928 e. The van der Waals surface area contributed by atoms with E-state index in [9.17, 15) is 5.11 Å². The molecule has 1 N–H and O–H groups in total. The summed E-state index contributed by atoms with van der Waals surface area (Å²) in [6, 6.07) is 0. The van der Waals surface area contributed by atoms with E-state index in [1.807, 2.05) is 12.4 Å². The second kappa shape index (κ2) is 3.15. The monoisotopic (exact) mass is 183 g/mol. The SMILES string of the molecule is Cc1ncsc1C(O)C1CCC1. The molecule has 0 saturated heterocycles. The van der Waals surface area contributed by atoms with E-state index in [-0.39, 0.29) is 6.10 Å². The summed E-state index contributed by atoms with van der Waals surface area (Å²) in [6.45, 7) is 1.97. The predicted molar refractivity (Wildman–Crippen MR) is 49.2 cm³/mol. The maximum absolute atomic E-state index is 9.88. The quantitative estimate of drug-likeness (QED) is 0.763. The molecule has 0 aromatic carbocycles. The van der Waals surface area contributed by atoms with Crippen molar-refractivity contribution in [1.29, 1.82) is 0 Å². The zero-order valence-corrected chi connectivity index (χ0v) is 7.97. The van der Waals surface area contributed by atoms with Crippen LogP contribution < -0.4 is 0 Å². The van der Waals surface area contributed by atoms with E-state index in [0.29, 0.717) is 5.92 Å². The molecule has 0 amide bonds. The summed E-state index contributed by atoms with van der Waals surface area (Å²) in [6.07, 6.45) is 3.39. The van der Waals surface area contributed by atoms with Crippen LogP contribution in [0.3, 0.4) is 0 Å². The van der Waals surface area contributed by atoms with E-state index in [1.165, 1.54) is 19.3 Å². The molecule has 0 radical (unpaired) electrons. The summed E-state index contributed by atoms with van der Waals surface area (Å²) in [5.74, 6) is 0.504. The third-order valence-corrected chi connectivity index (χ3v) is 3.65. The number of hydrogen-bond acceptors (Lipinski definition) is 3. The third-order valence-electron chi connectivity index (χ3n) is 2.65. The van der Waals surface area contributed by atoms with Crippen molar-refractivity contribution in [2.24, 2.45) is 5.92 Å². The Hall–Kier alpha value is -0.410. The average Bonchev–Trinajstić information content (AvgIpc) is 2.31. The van der Waals surface area contributed by atoms with Crippen LogP contribution >= 0.6 is 11.3 Å². The van der Waals surface area contributed by atoms with Gasteiger partial charge in [0.1, 0.15) is 0 Å². The van der Waals surface area contributed by atoms with E-state index >= 15 is 0 Å². The Bertz CT molecular complexity index is 267. The van der Waals surface area contributed by atoms with Crippen molar-refractivity contribution in [3.05, 3.63) is 16.1 Å². The van der Waals surface area contributed by atoms with Crippen LogP contribution in [0, 0.1) is 12.8 Å². The molecule has 3 heteroatoms. The number of hydrogen-bond donors (Lipinski definition) is 1. The molecule has 2 nitrogen and oxygen atoms in total. The minimum absolute atomic E-state index is 0.244. The van der Waals surface area contributed by atoms with Crippen molar-refractivity contribution in [2.45, 2.75) is 32.3 Å². The van der Waals surface area contributed by atoms with Crippen molar-refractivity contribution in [2.75, 3.05) is 0 Å². The standard InChI is InChI=1S/C9H13NOS/c1-6-9(12-5-10-6)8(11)7-3-2-4-7/h5,7-8,11H,2-4H2,1H3. The molecule has 1 saturated carbocycles. The molecule has 1 fully saturated rings. The van der Waals surface area contributed by atoms with Crippen LogP contribution in [0.4, 0.5) is 0 Å². The molecule has 1 heterocycles. The summed E-state index contributed by atoms with van der Waals surface area (Å²) in [4.78, 5) is 5.21. The lowest BCUT2D eigenvalue weighted by Gasteiger charge is -2.29. The van der Waals surface area contributed by atoms with Gasteiger partial charge in [-0.15, -0.1) is 11.3 Å². The van der Waals surface area contributed by atoms with Gasteiger partial charge in [0.05, 0.1) is 22.2 Å². The van der Waals surface area contributed by atoms with Gasteiger partial charge in [-0.1, -0.05) is 6.42 Å². The lowest BCUT2D eigenvalue weighted by Crippen LogP contribution is -2.19. The van der Waals surface area contributed by atoms with Crippen molar-refractivity contribution < 1.29 is 5.11 Å². The first-order chi connectivity index (χ1) is 5.79. The first-order valence-electron chi connectivity index (χ1n) is 4.37. The average molecular weight is 183 g/mol. The normalized spacial score (nSPS) is 20.5. The largest absolute Gasteiger partial charge is 0.387 e. The van der Waals surface area contributed by atoms with Crippen LogP contribution in [0.5, 0.6) is 0 Å². The smallest absolute Gasteiger partial charge is 0.0928 e. The molecule has 1 unspecified atom stereocenters. The second-order valence-corrected chi connectivity index (χ2v) is 4.32. The van der Waals surface area contributed by atoms with Gasteiger partial charge in [-0.3, -0.25) is 0 Å². The number of thiazole rings is 1. The van der Waals surface area contributed by atoms with E-state index in [4.69, 9.17) is 0 Å². The Morgan fingerprint density at radius 1 is 1.67 bits per heavy atom. The van der Waals surface area contributed by atoms with Gasteiger partial charge >= 0.3 is 0 Å². The van der Waals surface area contributed by atoms with Gasteiger partial charge in [0, 0.05) is 0 Å². The van der Waals surface area contributed by atoms with Gasteiger partial charge in [-0.05, 0) is 25.7 Å². The zero-order chi connectivity index (χ0) is 8.55. The fraction of sp³-hybridized carbons (Fsp3) is 0.667. The van der Waals surface area contributed by atoms with Gasteiger partial charge in [-0.2, -0.15) is 0 Å². The number of aliphatic hydroxyl groups excluding tert-OH is 1. The molecule has 1 aromatic rings. The lowest BCUT2D eigenvalue weighted by molar-refractivity contribution is 0.0643. The summed E-state index contributed by atoms with van der Waals surface area (Å²) >= 11 is 1.57. The fourth-order valence-electron chi connectivity index (χ4n) is 1.56. The van der Waals surface area contributed by atoms with Crippen molar-refractivity contribution in [3.8, 4) is 0 Å². The summed E-state index contributed by atoms with van der Waals surface area (Å²) in [5.41, 5.74) is 2.81. The number of aliphatic hydroxyl groups is 1. The van der Waals surface area contributed by atoms with Crippen molar-refractivity contribution in [3.63, 3.8) is 0 Å². The summed E-state index contributed by atoms with van der Waals surface area (Å²) in [5, 5.41) is 9.88. The van der Waals surface area contributed by atoms with Crippen LogP contribution in [0.2, 0.25) is 0 Å². The minimum atomic E-state index is -0.244. The fourth-order valence-corrected chi connectivity index (χ4v) is 2.44. The van der Waals surface area contributed by atoms with E-state index < -0.39 is 0 Å². The van der Waals surface area contributed by atoms with Crippen LogP contribution in [-0.4, -0.2) is 10.1 Å². The minimum Gasteiger partial charge on any atom is -0.387 e. The highest BCUT2D eigenvalue weighted by Gasteiger charge is 2.28. The Kier molecular flexibility index (Phi) is 2.15. The third kappa shape index (κ3) is 1.27. The van der Waals surface area contributed by atoms with Gasteiger partial charge in [0.25, 0.3) is 0 Å². The first-order valence-corrected chi connectivity index (χ1v) is 5.25. The molecule has 12 heavy (non-hydrogen) atoms. The highest BCUT2D eigenvalue weighted by molar-refractivity contribution is 7.09. The molecule has 2 rings (SSSR count). The highest BCUT2D eigenvalue weighted by atomic mass is 32.1. The van der Waals surface area contributed by atoms with Crippen LogP contribution in [0.25, 0.3) is 0 Å². The van der Waals surface area contributed by atoms with Crippen LogP contribution in [0.15, 0.2) is 5.51 Å². The predicted octanol–water partition coefficient (Wildman–Crippen LogP) is 2.29. The lowest BCUT2D eigenvalue weighted by atomic mass is 9.80. The first kappa shape index (κ1) is 8.20. The molecular formula is C9H13NOS. The van der Waals surface area contributed by atoms with Gasteiger partial charge < -0.3 is 5.11 Å². The molecule has 1 aliphatic rings. The highest BCUT2D eigenvalue weighted by Crippen LogP contribution is 2.39. The molecule has 0 aliphatic heterocycles. The topological polar surface area (TPSA) is 33.1 Å². The molecule has 66 valence electrons. The molecule has 1 atom stereocenters. The Balaban J connectivity index is 2.13. The number of nitrogens with zero attached hydrogens (tertiary/aromatic N) is 1. The van der Waals surface area contributed by atoms with Gasteiger partial charge in [0.15, 0.2) is 0 Å². The van der Waals surface area contributed by atoms with E-state index in [1.54, 1.807) is 11.3 Å². The van der Waals surface area contributed by atoms with E-state index in [0.717, 1.165) is 10.6 Å². The Morgan fingerprint density at radius 3 is 2.83 bits per heavy atom. The van der Waals surface area contributed by atoms with E-state index in [2.05, 4.69) is 4.98 Å². The van der Waals surface area contributed by atoms with Crippen molar-refractivity contribution in [1.82, 2.24) is 4.98 Å². The zero-order valence-electron chi connectivity index (χ0n) is 7.16. The molecule has 0 bridgehead atoms. The maximum atomic E-state index is 9.88. The molecular weight excluding hydrogens is 170 g/mol. The summed E-state index contributed by atoms with van der Waals surface area (Å²) in [7, 11) is 0. The van der Waals surface area contributed by atoms with Crippen LogP contribution in [-0.2, 0) is 0 Å².